The third-order valence-electron chi connectivity index (χ3n) is 6.12. The Labute approximate surface area is 137 Å². The maximum atomic E-state index is 12.4. The fourth-order valence-corrected chi connectivity index (χ4v) is 3.89. The van der Waals surface area contributed by atoms with Gasteiger partial charge in [-0.2, -0.15) is 0 Å². The highest BCUT2D eigenvalue weighted by Crippen LogP contribution is 2.29. The molecule has 0 bridgehead atoms. The third-order valence-corrected chi connectivity index (χ3v) is 6.12. The summed E-state index contributed by atoms with van der Waals surface area (Å²) < 4.78 is 0. The van der Waals surface area contributed by atoms with Gasteiger partial charge >= 0.3 is 0 Å². The van der Waals surface area contributed by atoms with E-state index in [4.69, 9.17) is 0 Å². The van der Waals surface area contributed by atoms with Crippen molar-refractivity contribution in [2.45, 2.75) is 66.3 Å². The van der Waals surface area contributed by atoms with Crippen LogP contribution in [0.5, 0.6) is 0 Å². The van der Waals surface area contributed by atoms with Crippen LogP contribution >= 0.6 is 0 Å². The Bertz CT molecular complexity index is 352. The van der Waals surface area contributed by atoms with Gasteiger partial charge in [0, 0.05) is 38.6 Å². The Kier molecular flexibility index (Phi) is 6.31. The van der Waals surface area contributed by atoms with Crippen molar-refractivity contribution in [1.29, 1.82) is 0 Å². The SMILES string of the molecule is CC(C)C1CCN(C(=O)CCC(C)C2CN(C(C)C)C2)CC1. The molecule has 2 fully saturated rings. The number of piperidine rings is 1. The quantitative estimate of drug-likeness (QED) is 0.748. The second kappa shape index (κ2) is 7.81. The normalized spacial score (nSPS) is 23.1. The van der Waals surface area contributed by atoms with Crippen LogP contribution in [0, 0.1) is 23.7 Å². The maximum Gasteiger partial charge on any atom is 0.222 e. The van der Waals surface area contributed by atoms with E-state index in [2.05, 4.69) is 44.4 Å². The maximum absolute atomic E-state index is 12.4. The topological polar surface area (TPSA) is 23.6 Å². The Hall–Kier alpha value is -0.570. The summed E-state index contributed by atoms with van der Waals surface area (Å²) in [5, 5.41) is 0. The molecule has 0 N–H and O–H groups in total. The highest BCUT2D eigenvalue weighted by Gasteiger charge is 2.32. The van der Waals surface area contributed by atoms with Gasteiger partial charge in [-0.3, -0.25) is 4.79 Å². The van der Waals surface area contributed by atoms with Gasteiger partial charge in [0.1, 0.15) is 0 Å². The molecule has 2 aliphatic heterocycles. The average Bonchev–Trinajstić information content (AvgIpc) is 2.42. The van der Waals surface area contributed by atoms with E-state index in [0.717, 1.165) is 43.7 Å². The number of amides is 1. The summed E-state index contributed by atoms with van der Waals surface area (Å²) in [6.07, 6.45) is 4.22. The first-order chi connectivity index (χ1) is 10.4. The van der Waals surface area contributed by atoms with Crippen molar-refractivity contribution >= 4 is 5.91 Å². The molecule has 0 aliphatic carbocycles. The first-order valence-electron chi connectivity index (χ1n) is 9.40. The van der Waals surface area contributed by atoms with Crippen molar-refractivity contribution in [3.63, 3.8) is 0 Å². The van der Waals surface area contributed by atoms with Crippen LogP contribution < -0.4 is 0 Å². The van der Waals surface area contributed by atoms with Gasteiger partial charge in [0.2, 0.25) is 5.91 Å². The lowest BCUT2D eigenvalue weighted by atomic mass is 9.83. The minimum atomic E-state index is 0.397. The van der Waals surface area contributed by atoms with Crippen LogP contribution in [0.15, 0.2) is 0 Å². The van der Waals surface area contributed by atoms with Gasteiger partial charge in [-0.1, -0.05) is 20.8 Å². The minimum absolute atomic E-state index is 0.397. The molecule has 1 unspecified atom stereocenters. The van der Waals surface area contributed by atoms with Gasteiger partial charge in [-0.25, -0.2) is 0 Å². The van der Waals surface area contributed by atoms with E-state index in [1.165, 1.54) is 25.9 Å². The molecule has 0 radical (unpaired) electrons. The number of likely N-dealkylation sites (tertiary alicyclic amines) is 2. The summed E-state index contributed by atoms with van der Waals surface area (Å²) in [6.45, 7) is 15.9. The van der Waals surface area contributed by atoms with Crippen LogP contribution in [0.1, 0.15) is 60.3 Å². The molecular formula is C19H36N2O. The van der Waals surface area contributed by atoms with Gasteiger partial charge in [0.25, 0.3) is 0 Å². The number of carbonyl (C=O) groups excluding carboxylic acids is 1. The number of rotatable bonds is 6. The standard InChI is InChI=1S/C19H36N2O/c1-14(2)17-8-10-20(11-9-17)19(22)7-6-16(5)18-12-21(13-18)15(3)4/h14-18H,6-13H2,1-5H3. The van der Waals surface area contributed by atoms with Gasteiger partial charge in [0.05, 0.1) is 0 Å². The van der Waals surface area contributed by atoms with Crippen molar-refractivity contribution < 1.29 is 4.79 Å². The van der Waals surface area contributed by atoms with Crippen molar-refractivity contribution in [2.75, 3.05) is 26.2 Å². The van der Waals surface area contributed by atoms with E-state index < -0.39 is 0 Å². The molecule has 128 valence electrons. The van der Waals surface area contributed by atoms with Crippen LogP contribution in [0.2, 0.25) is 0 Å². The summed E-state index contributed by atoms with van der Waals surface area (Å²) in [4.78, 5) is 17.0. The fraction of sp³-hybridized carbons (Fsp3) is 0.947. The molecule has 22 heavy (non-hydrogen) atoms. The summed E-state index contributed by atoms with van der Waals surface area (Å²) in [5.41, 5.74) is 0. The van der Waals surface area contributed by atoms with Crippen LogP contribution in [-0.2, 0) is 4.79 Å². The largest absolute Gasteiger partial charge is 0.343 e. The lowest BCUT2D eigenvalue weighted by Crippen LogP contribution is -2.52. The van der Waals surface area contributed by atoms with E-state index >= 15 is 0 Å². The summed E-state index contributed by atoms with van der Waals surface area (Å²) in [5.74, 6) is 3.47. The Balaban J connectivity index is 1.64. The van der Waals surface area contributed by atoms with Crippen molar-refractivity contribution in [1.82, 2.24) is 9.80 Å². The molecule has 2 saturated heterocycles. The fourth-order valence-electron chi connectivity index (χ4n) is 3.89. The molecular weight excluding hydrogens is 272 g/mol. The smallest absolute Gasteiger partial charge is 0.222 e. The second-order valence-corrected chi connectivity index (χ2v) is 8.29. The molecule has 0 saturated carbocycles. The van der Waals surface area contributed by atoms with Crippen molar-refractivity contribution in [3.8, 4) is 0 Å². The summed E-state index contributed by atoms with van der Waals surface area (Å²) >= 11 is 0. The highest BCUT2D eigenvalue weighted by molar-refractivity contribution is 5.76. The molecule has 1 amide bonds. The Morgan fingerprint density at radius 3 is 2.09 bits per heavy atom. The van der Waals surface area contributed by atoms with Crippen molar-refractivity contribution in [2.24, 2.45) is 23.7 Å². The molecule has 2 aliphatic rings. The zero-order valence-corrected chi connectivity index (χ0v) is 15.3. The number of hydrogen-bond acceptors (Lipinski definition) is 2. The molecule has 0 aromatic rings. The zero-order chi connectivity index (χ0) is 16.3. The predicted molar refractivity (Wildman–Crippen MR) is 92.7 cm³/mol. The highest BCUT2D eigenvalue weighted by atomic mass is 16.2. The third kappa shape index (κ3) is 4.47. The second-order valence-electron chi connectivity index (χ2n) is 8.29. The predicted octanol–water partition coefficient (Wildman–Crippen LogP) is 3.64. The van der Waals surface area contributed by atoms with E-state index in [1.54, 1.807) is 0 Å². The van der Waals surface area contributed by atoms with Gasteiger partial charge < -0.3 is 9.80 Å². The van der Waals surface area contributed by atoms with E-state index in [9.17, 15) is 4.79 Å². The minimum Gasteiger partial charge on any atom is -0.343 e. The molecule has 3 heteroatoms. The van der Waals surface area contributed by atoms with Crippen LogP contribution in [0.4, 0.5) is 0 Å². The molecule has 3 nitrogen and oxygen atoms in total. The van der Waals surface area contributed by atoms with E-state index in [1.807, 2.05) is 0 Å². The zero-order valence-electron chi connectivity index (χ0n) is 15.3. The number of nitrogens with zero attached hydrogens (tertiary/aromatic N) is 2. The van der Waals surface area contributed by atoms with Crippen LogP contribution in [0.3, 0.4) is 0 Å². The first-order valence-corrected chi connectivity index (χ1v) is 9.40. The molecule has 1 atom stereocenters. The van der Waals surface area contributed by atoms with Crippen LogP contribution in [-0.4, -0.2) is 47.9 Å². The molecule has 0 aromatic heterocycles. The summed E-state index contributed by atoms with van der Waals surface area (Å²) in [7, 11) is 0. The Morgan fingerprint density at radius 2 is 1.59 bits per heavy atom. The number of hydrogen-bond donors (Lipinski definition) is 0. The van der Waals surface area contributed by atoms with E-state index in [-0.39, 0.29) is 0 Å². The molecule has 0 aromatic carbocycles. The number of carbonyl (C=O) groups is 1. The lowest BCUT2D eigenvalue weighted by molar-refractivity contribution is -0.133. The average molecular weight is 309 g/mol. The van der Waals surface area contributed by atoms with Gasteiger partial charge in [0.15, 0.2) is 0 Å². The molecule has 2 rings (SSSR count). The van der Waals surface area contributed by atoms with Crippen LogP contribution in [0.25, 0.3) is 0 Å². The van der Waals surface area contributed by atoms with Gasteiger partial charge in [-0.15, -0.1) is 0 Å². The van der Waals surface area contributed by atoms with Crippen molar-refractivity contribution in [3.05, 3.63) is 0 Å². The summed E-state index contributed by atoms with van der Waals surface area (Å²) in [6, 6.07) is 0.673. The molecule has 2 heterocycles. The van der Waals surface area contributed by atoms with Gasteiger partial charge in [-0.05, 0) is 56.8 Å². The first kappa shape index (κ1) is 17.8. The van der Waals surface area contributed by atoms with E-state index in [0.29, 0.717) is 17.9 Å². The lowest BCUT2D eigenvalue weighted by Gasteiger charge is -2.45. The Morgan fingerprint density at radius 1 is 1.00 bits per heavy atom. The monoisotopic (exact) mass is 308 g/mol. The molecule has 0 spiro atoms.